The molecule has 1 saturated heterocycles. The van der Waals surface area contributed by atoms with E-state index in [0.29, 0.717) is 5.92 Å². The first kappa shape index (κ1) is 14.6. The van der Waals surface area contributed by atoms with Crippen LogP contribution in [-0.2, 0) is 4.74 Å². The minimum Gasteiger partial charge on any atom is -0.478 e. The van der Waals surface area contributed by atoms with E-state index in [2.05, 4.69) is 5.32 Å². The van der Waals surface area contributed by atoms with Gasteiger partial charge in [-0.2, -0.15) is 0 Å². The lowest BCUT2D eigenvalue weighted by atomic mass is 9.46. The highest BCUT2D eigenvalue weighted by molar-refractivity contribution is 5.96. The Bertz CT molecular complexity index is 685. The number of fused-ring (bicyclic) bond motifs is 2. The molecular formula is C17H18FNO4. The number of hydrogen-bond donors (Lipinski definition) is 2. The molecule has 0 bridgehead atoms. The molecule has 2 N–H and O–H groups in total. The van der Waals surface area contributed by atoms with Crippen molar-refractivity contribution < 1.29 is 23.8 Å². The summed E-state index contributed by atoms with van der Waals surface area (Å²) in [6.45, 7) is 0.727. The number of ether oxygens (including phenoxy) is 1. The van der Waals surface area contributed by atoms with Crippen LogP contribution in [0, 0.1) is 17.2 Å². The fourth-order valence-corrected chi connectivity index (χ4v) is 4.51. The molecule has 3 aliphatic rings. The maximum Gasteiger partial charge on any atom is 0.335 e. The summed E-state index contributed by atoms with van der Waals surface area (Å²) in [6.07, 6.45) is 4.39. The third-order valence-corrected chi connectivity index (χ3v) is 5.78. The van der Waals surface area contributed by atoms with Gasteiger partial charge in [-0.1, -0.05) is 6.42 Å². The lowest BCUT2D eigenvalue weighted by Gasteiger charge is -2.63. The van der Waals surface area contributed by atoms with E-state index >= 15 is 0 Å². The second-order valence-electron chi connectivity index (χ2n) is 6.78. The molecule has 122 valence electrons. The van der Waals surface area contributed by atoms with Crippen molar-refractivity contribution in [3.8, 4) is 0 Å². The third kappa shape index (κ3) is 2.01. The highest BCUT2D eigenvalue weighted by atomic mass is 19.1. The monoisotopic (exact) mass is 319 g/mol. The average molecular weight is 319 g/mol. The Hall–Kier alpha value is -1.95. The van der Waals surface area contributed by atoms with E-state index in [1.54, 1.807) is 0 Å². The van der Waals surface area contributed by atoms with Gasteiger partial charge in [-0.3, -0.25) is 4.79 Å². The first-order valence-electron chi connectivity index (χ1n) is 7.98. The van der Waals surface area contributed by atoms with Crippen LogP contribution < -0.4 is 5.32 Å². The predicted octanol–water partition coefficient (Wildman–Crippen LogP) is 2.21. The van der Waals surface area contributed by atoms with Gasteiger partial charge in [-0.15, -0.1) is 0 Å². The molecule has 1 heterocycles. The second kappa shape index (κ2) is 5.03. The van der Waals surface area contributed by atoms with Crippen molar-refractivity contribution in [2.75, 3.05) is 6.61 Å². The lowest BCUT2D eigenvalue weighted by molar-refractivity contribution is -0.172. The van der Waals surface area contributed by atoms with E-state index in [1.165, 1.54) is 12.1 Å². The summed E-state index contributed by atoms with van der Waals surface area (Å²) in [7, 11) is 0. The molecule has 3 unspecified atom stereocenters. The number of rotatable bonds is 3. The lowest BCUT2D eigenvalue weighted by Crippen LogP contribution is -2.71. The molecule has 1 aliphatic heterocycles. The number of carboxylic acid groups (broad SMARTS) is 1. The molecule has 2 saturated carbocycles. The Balaban J connectivity index is 1.53. The van der Waals surface area contributed by atoms with Crippen LogP contribution in [0.2, 0.25) is 0 Å². The minimum atomic E-state index is -1.21. The zero-order valence-electron chi connectivity index (χ0n) is 12.5. The molecule has 23 heavy (non-hydrogen) atoms. The Labute approximate surface area is 132 Å². The maximum absolute atomic E-state index is 14.0. The van der Waals surface area contributed by atoms with Gasteiger partial charge in [0.25, 0.3) is 5.91 Å². The van der Waals surface area contributed by atoms with Crippen molar-refractivity contribution >= 4 is 11.9 Å². The van der Waals surface area contributed by atoms with Crippen LogP contribution in [0.4, 0.5) is 4.39 Å². The molecular weight excluding hydrogens is 301 g/mol. The number of aromatic carboxylic acids is 1. The SMILES string of the molecule is O=C(O)c1ccc(C(=O)NC2C3CCOC3C23CCC3)c(F)c1. The molecule has 1 amide bonds. The number of carbonyl (C=O) groups excluding carboxylic acids is 1. The number of hydrogen-bond acceptors (Lipinski definition) is 3. The number of carboxylic acids is 1. The minimum absolute atomic E-state index is 0.0360. The Morgan fingerprint density at radius 3 is 2.74 bits per heavy atom. The van der Waals surface area contributed by atoms with Gasteiger partial charge in [0.2, 0.25) is 0 Å². The first-order valence-corrected chi connectivity index (χ1v) is 7.98. The van der Waals surface area contributed by atoms with Crippen molar-refractivity contribution in [1.82, 2.24) is 5.32 Å². The summed E-state index contributed by atoms with van der Waals surface area (Å²) >= 11 is 0. The van der Waals surface area contributed by atoms with Crippen molar-refractivity contribution in [3.05, 3.63) is 35.1 Å². The van der Waals surface area contributed by atoms with Gasteiger partial charge < -0.3 is 15.2 Å². The number of nitrogens with one attached hydrogen (secondary N) is 1. The molecule has 3 fully saturated rings. The highest BCUT2D eigenvalue weighted by Crippen LogP contribution is 2.62. The standard InChI is InChI=1S/C17H18FNO4/c18-12-8-9(16(21)22)2-3-10(12)15(20)19-13-11-4-7-23-14(11)17(13)5-1-6-17/h2-3,8,11,13-14H,1,4-7H2,(H,19,20)(H,21,22). The van der Waals surface area contributed by atoms with Crippen LogP contribution in [0.15, 0.2) is 18.2 Å². The molecule has 2 aliphatic carbocycles. The fourth-order valence-electron chi connectivity index (χ4n) is 4.51. The van der Waals surface area contributed by atoms with Crippen molar-refractivity contribution in [2.24, 2.45) is 11.3 Å². The normalized spacial score (nSPS) is 30.2. The number of amides is 1. The molecule has 1 aromatic carbocycles. The van der Waals surface area contributed by atoms with Crippen LogP contribution in [-0.4, -0.2) is 35.7 Å². The summed E-state index contributed by atoms with van der Waals surface area (Å²) in [5, 5.41) is 11.8. The number of benzene rings is 1. The Kier molecular flexibility index (Phi) is 3.20. The smallest absolute Gasteiger partial charge is 0.335 e. The molecule has 1 aromatic rings. The molecule has 6 heteroatoms. The highest BCUT2D eigenvalue weighted by Gasteiger charge is 2.66. The zero-order valence-corrected chi connectivity index (χ0v) is 12.5. The van der Waals surface area contributed by atoms with E-state index < -0.39 is 17.7 Å². The molecule has 5 nitrogen and oxygen atoms in total. The van der Waals surface area contributed by atoms with Gasteiger partial charge in [-0.05, 0) is 37.5 Å². The van der Waals surface area contributed by atoms with Crippen LogP contribution in [0.25, 0.3) is 0 Å². The van der Waals surface area contributed by atoms with E-state index in [1.807, 2.05) is 0 Å². The van der Waals surface area contributed by atoms with Gasteiger partial charge >= 0.3 is 5.97 Å². The van der Waals surface area contributed by atoms with E-state index in [-0.39, 0.29) is 28.7 Å². The van der Waals surface area contributed by atoms with Crippen LogP contribution in [0.5, 0.6) is 0 Å². The van der Waals surface area contributed by atoms with Crippen LogP contribution in [0.1, 0.15) is 46.4 Å². The fraction of sp³-hybridized carbons (Fsp3) is 0.529. The third-order valence-electron chi connectivity index (χ3n) is 5.78. The first-order chi connectivity index (χ1) is 11.0. The van der Waals surface area contributed by atoms with Gasteiger partial charge in [-0.25, -0.2) is 9.18 Å². The van der Waals surface area contributed by atoms with Gasteiger partial charge in [0.05, 0.1) is 17.2 Å². The largest absolute Gasteiger partial charge is 0.478 e. The molecule has 4 rings (SSSR count). The van der Waals surface area contributed by atoms with Crippen molar-refractivity contribution in [2.45, 2.75) is 37.8 Å². The van der Waals surface area contributed by atoms with Gasteiger partial charge in [0.1, 0.15) is 5.82 Å². The second-order valence-corrected chi connectivity index (χ2v) is 6.78. The Morgan fingerprint density at radius 2 is 2.13 bits per heavy atom. The Morgan fingerprint density at radius 1 is 1.35 bits per heavy atom. The van der Waals surface area contributed by atoms with E-state index in [0.717, 1.165) is 38.4 Å². The summed E-state index contributed by atoms with van der Waals surface area (Å²) in [5.74, 6) is -2.17. The predicted molar refractivity (Wildman–Crippen MR) is 78.7 cm³/mol. The van der Waals surface area contributed by atoms with Crippen molar-refractivity contribution in [1.29, 1.82) is 0 Å². The van der Waals surface area contributed by atoms with Crippen molar-refractivity contribution in [3.63, 3.8) is 0 Å². The maximum atomic E-state index is 14.0. The summed E-state index contributed by atoms with van der Waals surface area (Å²) in [4.78, 5) is 23.3. The molecule has 3 atom stereocenters. The number of carbonyl (C=O) groups is 2. The quantitative estimate of drug-likeness (QED) is 0.895. The van der Waals surface area contributed by atoms with Gasteiger partial charge in [0.15, 0.2) is 0 Å². The van der Waals surface area contributed by atoms with E-state index in [4.69, 9.17) is 9.84 Å². The molecule has 1 spiro atoms. The summed E-state index contributed by atoms with van der Waals surface area (Å²) in [5.41, 5.74) is -0.233. The summed E-state index contributed by atoms with van der Waals surface area (Å²) in [6, 6.07) is 3.42. The summed E-state index contributed by atoms with van der Waals surface area (Å²) < 4.78 is 19.8. The molecule has 0 radical (unpaired) electrons. The van der Waals surface area contributed by atoms with E-state index in [9.17, 15) is 14.0 Å². The zero-order chi connectivity index (χ0) is 16.2. The van der Waals surface area contributed by atoms with Crippen LogP contribution >= 0.6 is 0 Å². The van der Waals surface area contributed by atoms with Crippen LogP contribution in [0.3, 0.4) is 0 Å². The molecule has 0 aromatic heterocycles. The number of halogens is 1. The van der Waals surface area contributed by atoms with Gasteiger partial charge in [0, 0.05) is 24.0 Å². The average Bonchev–Trinajstić information content (AvgIpc) is 2.88. The topological polar surface area (TPSA) is 75.6 Å².